The van der Waals surface area contributed by atoms with Crippen LogP contribution in [0.25, 0.3) is 0 Å². The van der Waals surface area contributed by atoms with Crippen LogP contribution < -0.4 is 9.80 Å². The number of likely N-dealkylation sites (N-methyl/N-ethyl adjacent to an activating group) is 2. The highest BCUT2D eigenvalue weighted by Crippen LogP contribution is 2.20. The standard InChI is InChI=1S/C19H28N6/c1-4-24-11-13-25(14-12-24)19-15-18(21-16(2)22-19)23(3)10-7-17-5-8-20-9-6-17/h5-6,8-9,15H,4,7,10-14H2,1-3H3. The lowest BCUT2D eigenvalue weighted by molar-refractivity contribution is 0.270. The van der Waals surface area contributed by atoms with Crippen LogP contribution >= 0.6 is 0 Å². The maximum absolute atomic E-state index is 4.67. The number of hydrogen-bond acceptors (Lipinski definition) is 6. The molecular formula is C19H28N6. The predicted molar refractivity (Wildman–Crippen MR) is 102 cm³/mol. The highest BCUT2D eigenvalue weighted by molar-refractivity contribution is 5.51. The van der Waals surface area contributed by atoms with E-state index in [1.807, 2.05) is 19.3 Å². The lowest BCUT2D eigenvalue weighted by Crippen LogP contribution is -2.46. The Bertz CT molecular complexity index is 667. The lowest BCUT2D eigenvalue weighted by Gasteiger charge is -2.35. The minimum Gasteiger partial charge on any atom is -0.359 e. The molecule has 0 N–H and O–H groups in total. The molecule has 1 aliphatic heterocycles. The zero-order valence-corrected chi connectivity index (χ0v) is 15.5. The van der Waals surface area contributed by atoms with Crippen molar-refractivity contribution in [3.8, 4) is 0 Å². The number of anilines is 2. The van der Waals surface area contributed by atoms with Gasteiger partial charge in [-0.05, 0) is 37.6 Å². The molecule has 0 atom stereocenters. The molecule has 6 nitrogen and oxygen atoms in total. The molecule has 1 aliphatic rings. The van der Waals surface area contributed by atoms with E-state index in [2.05, 4.69) is 61.8 Å². The summed E-state index contributed by atoms with van der Waals surface area (Å²) in [6.07, 6.45) is 4.67. The van der Waals surface area contributed by atoms with Gasteiger partial charge in [-0.2, -0.15) is 0 Å². The van der Waals surface area contributed by atoms with Crippen molar-refractivity contribution in [3.05, 3.63) is 42.0 Å². The Morgan fingerprint density at radius 1 is 1.08 bits per heavy atom. The summed E-state index contributed by atoms with van der Waals surface area (Å²) in [6, 6.07) is 6.26. The zero-order valence-electron chi connectivity index (χ0n) is 15.5. The van der Waals surface area contributed by atoms with Crippen molar-refractivity contribution >= 4 is 11.6 Å². The van der Waals surface area contributed by atoms with Gasteiger partial charge in [0.15, 0.2) is 0 Å². The number of rotatable bonds is 6. The zero-order chi connectivity index (χ0) is 17.6. The fraction of sp³-hybridized carbons (Fsp3) is 0.526. The third-order valence-electron chi connectivity index (χ3n) is 4.83. The Morgan fingerprint density at radius 2 is 1.80 bits per heavy atom. The Morgan fingerprint density at radius 3 is 2.48 bits per heavy atom. The van der Waals surface area contributed by atoms with Crippen molar-refractivity contribution in [1.82, 2.24) is 19.9 Å². The molecule has 1 fully saturated rings. The molecule has 2 aromatic rings. The van der Waals surface area contributed by atoms with E-state index in [0.717, 1.165) is 63.1 Å². The van der Waals surface area contributed by atoms with Gasteiger partial charge in [0.25, 0.3) is 0 Å². The molecule has 134 valence electrons. The summed E-state index contributed by atoms with van der Waals surface area (Å²) in [5, 5.41) is 0. The fourth-order valence-electron chi connectivity index (χ4n) is 3.15. The van der Waals surface area contributed by atoms with Crippen molar-refractivity contribution in [2.45, 2.75) is 20.3 Å². The van der Waals surface area contributed by atoms with Crippen LogP contribution in [0.5, 0.6) is 0 Å². The van der Waals surface area contributed by atoms with Gasteiger partial charge in [-0.3, -0.25) is 4.98 Å². The van der Waals surface area contributed by atoms with Gasteiger partial charge in [0.1, 0.15) is 17.5 Å². The molecule has 6 heteroatoms. The van der Waals surface area contributed by atoms with Crippen LogP contribution in [0.1, 0.15) is 18.3 Å². The third kappa shape index (κ3) is 4.66. The predicted octanol–water partition coefficient (Wildman–Crippen LogP) is 2.00. The van der Waals surface area contributed by atoms with Crippen LogP contribution in [0.4, 0.5) is 11.6 Å². The number of aromatic nitrogens is 3. The normalized spacial score (nSPS) is 15.4. The van der Waals surface area contributed by atoms with Crippen molar-refractivity contribution in [2.75, 3.05) is 56.1 Å². The van der Waals surface area contributed by atoms with E-state index < -0.39 is 0 Å². The van der Waals surface area contributed by atoms with Crippen molar-refractivity contribution in [3.63, 3.8) is 0 Å². The highest BCUT2D eigenvalue weighted by Gasteiger charge is 2.18. The summed E-state index contributed by atoms with van der Waals surface area (Å²) in [5.74, 6) is 2.88. The topological polar surface area (TPSA) is 48.4 Å². The molecule has 0 aliphatic carbocycles. The van der Waals surface area contributed by atoms with Crippen LogP contribution in [-0.2, 0) is 6.42 Å². The summed E-state index contributed by atoms with van der Waals surface area (Å²) in [6.45, 7) is 10.5. The van der Waals surface area contributed by atoms with E-state index in [1.165, 1.54) is 5.56 Å². The van der Waals surface area contributed by atoms with E-state index in [-0.39, 0.29) is 0 Å². The van der Waals surface area contributed by atoms with Crippen molar-refractivity contribution < 1.29 is 0 Å². The maximum atomic E-state index is 4.67. The first-order valence-corrected chi connectivity index (χ1v) is 9.08. The minimum atomic E-state index is 0.834. The molecule has 3 heterocycles. The molecule has 3 rings (SSSR count). The number of nitrogens with zero attached hydrogens (tertiary/aromatic N) is 6. The van der Waals surface area contributed by atoms with Crippen LogP contribution in [0.15, 0.2) is 30.6 Å². The highest BCUT2D eigenvalue weighted by atomic mass is 15.3. The molecule has 0 saturated carbocycles. The second-order valence-electron chi connectivity index (χ2n) is 6.58. The van der Waals surface area contributed by atoms with E-state index in [9.17, 15) is 0 Å². The minimum absolute atomic E-state index is 0.834. The van der Waals surface area contributed by atoms with Gasteiger partial charge >= 0.3 is 0 Å². The third-order valence-corrected chi connectivity index (χ3v) is 4.83. The Kier molecular flexibility index (Phi) is 5.81. The molecule has 25 heavy (non-hydrogen) atoms. The van der Waals surface area contributed by atoms with Crippen LogP contribution in [0.3, 0.4) is 0 Å². The molecule has 0 radical (unpaired) electrons. The average Bonchev–Trinajstić information content (AvgIpc) is 2.66. The fourth-order valence-corrected chi connectivity index (χ4v) is 3.15. The largest absolute Gasteiger partial charge is 0.359 e. The molecule has 0 unspecified atom stereocenters. The van der Waals surface area contributed by atoms with Crippen molar-refractivity contribution in [1.29, 1.82) is 0 Å². The number of piperazine rings is 1. The smallest absolute Gasteiger partial charge is 0.134 e. The molecule has 0 amide bonds. The Hall–Kier alpha value is -2.21. The maximum Gasteiger partial charge on any atom is 0.134 e. The number of aryl methyl sites for hydroxylation is 1. The summed E-state index contributed by atoms with van der Waals surface area (Å²) >= 11 is 0. The summed E-state index contributed by atoms with van der Waals surface area (Å²) in [4.78, 5) is 20.4. The molecule has 1 saturated heterocycles. The van der Waals surface area contributed by atoms with E-state index >= 15 is 0 Å². The quantitative estimate of drug-likeness (QED) is 0.802. The molecule has 2 aromatic heterocycles. The number of hydrogen-bond donors (Lipinski definition) is 0. The molecule has 0 aromatic carbocycles. The SMILES string of the molecule is CCN1CCN(c2cc(N(C)CCc3ccncc3)nc(C)n2)CC1. The second kappa shape index (κ2) is 8.25. The Balaban J connectivity index is 1.66. The van der Waals surface area contributed by atoms with Gasteiger partial charge in [-0.1, -0.05) is 6.92 Å². The first kappa shape index (κ1) is 17.6. The van der Waals surface area contributed by atoms with Gasteiger partial charge in [0, 0.05) is 58.2 Å². The Labute approximate surface area is 150 Å². The van der Waals surface area contributed by atoms with E-state index in [0.29, 0.717) is 0 Å². The van der Waals surface area contributed by atoms with E-state index in [4.69, 9.17) is 0 Å². The number of pyridine rings is 1. The molecule has 0 bridgehead atoms. The summed E-state index contributed by atoms with van der Waals surface area (Å²) in [7, 11) is 2.10. The van der Waals surface area contributed by atoms with Gasteiger partial charge in [0.2, 0.25) is 0 Å². The summed E-state index contributed by atoms with van der Waals surface area (Å²) in [5.41, 5.74) is 1.29. The monoisotopic (exact) mass is 340 g/mol. The molecular weight excluding hydrogens is 312 g/mol. The first-order valence-electron chi connectivity index (χ1n) is 9.08. The van der Waals surface area contributed by atoms with Gasteiger partial charge < -0.3 is 14.7 Å². The van der Waals surface area contributed by atoms with E-state index in [1.54, 1.807) is 0 Å². The lowest BCUT2D eigenvalue weighted by atomic mass is 10.2. The van der Waals surface area contributed by atoms with Crippen molar-refractivity contribution in [2.24, 2.45) is 0 Å². The average molecular weight is 340 g/mol. The molecule has 0 spiro atoms. The van der Waals surface area contributed by atoms with Crippen LogP contribution in [-0.4, -0.2) is 66.2 Å². The second-order valence-corrected chi connectivity index (χ2v) is 6.58. The van der Waals surface area contributed by atoms with Crippen LogP contribution in [0, 0.1) is 6.92 Å². The summed E-state index contributed by atoms with van der Waals surface area (Å²) < 4.78 is 0. The first-order chi connectivity index (χ1) is 12.2. The van der Waals surface area contributed by atoms with Gasteiger partial charge in [0.05, 0.1) is 0 Å². The van der Waals surface area contributed by atoms with Crippen LogP contribution in [0.2, 0.25) is 0 Å². The van der Waals surface area contributed by atoms with Gasteiger partial charge in [-0.15, -0.1) is 0 Å². The van der Waals surface area contributed by atoms with Gasteiger partial charge in [-0.25, -0.2) is 9.97 Å².